The normalized spacial score (nSPS) is 9.83. The monoisotopic (exact) mass is 386 g/mol. The minimum absolute atomic E-state index is 0.682. The zero-order valence-electron chi connectivity index (χ0n) is 15.9. The van der Waals surface area contributed by atoms with E-state index in [1.165, 1.54) is 15.9 Å². The van der Waals surface area contributed by atoms with E-state index in [0.29, 0.717) is 0 Å². The molecule has 0 fully saturated rings. The first kappa shape index (κ1) is 18.8. The molecule has 0 saturated carbocycles. The number of hydrogen-bond acceptors (Lipinski definition) is 0. The summed E-state index contributed by atoms with van der Waals surface area (Å²) in [6.45, 7) is 0. The Morgan fingerprint density at radius 2 is 0.931 bits per heavy atom. The van der Waals surface area contributed by atoms with Gasteiger partial charge in [0.2, 0.25) is 0 Å². The zero-order valence-corrected chi connectivity index (χ0v) is 16.8. The maximum atomic E-state index is 3.30. The lowest BCUT2D eigenvalue weighted by atomic mass is 10.2. The van der Waals surface area contributed by atoms with Crippen LogP contribution in [0.2, 0.25) is 0 Å². The minimum atomic E-state index is -0.682. The van der Waals surface area contributed by atoms with Crippen LogP contribution in [0.3, 0.4) is 0 Å². The van der Waals surface area contributed by atoms with E-state index in [1.807, 2.05) is 36.4 Å². The van der Waals surface area contributed by atoms with Crippen LogP contribution in [-0.2, 0) is 0 Å². The first-order valence-electron chi connectivity index (χ1n) is 9.48. The first-order chi connectivity index (χ1) is 14.4. The van der Waals surface area contributed by atoms with Crippen LogP contribution < -0.4 is 15.9 Å². The van der Waals surface area contributed by atoms with Crippen molar-refractivity contribution in [2.75, 3.05) is 0 Å². The lowest BCUT2D eigenvalue weighted by Gasteiger charge is -2.20. The maximum Gasteiger partial charge on any atom is 0.0339 e. The molecule has 0 N–H and O–H groups in total. The van der Waals surface area contributed by atoms with Gasteiger partial charge in [-0.15, -0.1) is 0 Å². The Balaban J connectivity index is 1.75. The van der Waals surface area contributed by atoms with Gasteiger partial charge in [-0.25, -0.2) is 0 Å². The van der Waals surface area contributed by atoms with Gasteiger partial charge in [0.05, 0.1) is 0 Å². The summed E-state index contributed by atoms with van der Waals surface area (Å²) in [7, 11) is -0.682. The topological polar surface area (TPSA) is 0 Å². The molecule has 0 unspecified atom stereocenters. The lowest BCUT2D eigenvalue weighted by Crippen LogP contribution is -2.22. The van der Waals surface area contributed by atoms with Crippen LogP contribution in [0.4, 0.5) is 0 Å². The van der Waals surface area contributed by atoms with Crippen molar-refractivity contribution in [3.63, 3.8) is 0 Å². The largest absolute Gasteiger partial charge is 0.0622 e. The second-order valence-electron chi connectivity index (χ2n) is 6.39. The maximum absolute atomic E-state index is 3.30. The Morgan fingerprint density at radius 1 is 0.448 bits per heavy atom. The summed E-state index contributed by atoms with van der Waals surface area (Å²) in [5.41, 5.74) is 2.01. The molecule has 0 aliphatic carbocycles. The molecule has 1 heteroatoms. The molecule has 4 rings (SSSR count). The van der Waals surface area contributed by atoms with Crippen LogP contribution in [0.15, 0.2) is 115 Å². The SMILES string of the molecule is C(C#Cc1ccccc1P(c1ccccc1)c1ccccc1)#Cc1ccccc1. The van der Waals surface area contributed by atoms with Gasteiger partial charge in [0.1, 0.15) is 0 Å². The van der Waals surface area contributed by atoms with E-state index >= 15 is 0 Å². The van der Waals surface area contributed by atoms with Gasteiger partial charge in [-0.2, -0.15) is 0 Å². The van der Waals surface area contributed by atoms with E-state index in [4.69, 9.17) is 0 Å². The van der Waals surface area contributed by atoms with Gasteiger partial charge in [0.15, 0.2) is 0 Å². The van der Waals surface area contributed by atoms with Gasteiger partial charge in [0.25, 0.3) is 0 Å². The Hall–Kier alpha value is -3.57. The predicted octanol–water partition coefficient (Wildman–Crippen LogP) is 4.85. The van der Waals surface area contributed by atoms with Crippen molar-refractivity contribution in [3.8, 4) is 23.7 Å². The quantitative estimate of drug-likeness (QED) is 0.349. The summed E-state index contributed by atoms with van der Waals surface area (Å²) in [5.74, 6) is 12.4. The molecular weight excluding hydrogens is 367 g/mol. The average Bonchev–Trinajstić information content (AvgIpc) is 2.80. The fraction of sp³-hybridized carbons (Fsp3) is 0. The Bertz CT molecular complexity index is 1150. The van der Waals surface area contributed by atoms with Crippen molar-refractivity contribution in [3.05, 3.63) is 126 Å². The highest BCUT2D eigenvalue weighted by molar-refractivity contribution is 7.79. The molecule has 0 aromatic heterocycles. The van der Waals surface area contributed by atoms with E-state index in [9.17, 15) is 0 Å². The lowest BCUT2D eigenvalue weighted by molar-refractivity contribution is 1.65. The van der Waals surface area contributed by atoms with E-state index in [0.717, 1.165) is 11.1 Å². The second kappa shape index (κ2) is 9.57. The molecule has 0 heterocycles. The summed E-state index contributed by atoms with van der Waals surface area (Å²) in [6, 6.07) is 39.7. The van der Waals surface area contributed by atoms with Crippen LogP contribution in [-0.4, -0.2) is 0 Å². The number of hydrogen-bond donors (Lipinski definition) is 0. The number of benzene rings is 4. The van der Waals surface area contributed by atoms with Crippen LogP contribution >= 0.6 is 7.92 Å². The van der Waals surface area contributed by atoms with Gasteiger partial charge >= 0.3 is 0 Å². The van der Waals surface area contributed by atoms with Gasteiger partial charge in [-0.1, -0.05) is 109 Å². The molecule has 0 aliphatic heterocycles. The molecular formula is C28H19P. The molecule has 0 atom stereocenters. The van der Waals surface area contributed by atoms with Crippen LogP contribution in [0.1, 0.15) is 11.1 Å². The van der Waals surface area contributed by atoms with Gasteiger partial charge in [0, 0.05) is 16.4 Å². The average molecular weight is 386 g/mol. The summed E-state index contributed by atoms with van der Waals surface area (Å²) in [5, 5.41) is 3.89. The van der Waals surface area contributed by atoms with Gasteiger partial charge in [-0.05, 0) is 48.6 Å². The van der Waals surface area contributed by atoms with Crippen molar-refractivity contribution in [1.29, 1.82) is 0 Å². The van der Waals surface area contributed by atoms with Gasteiger partial charge < -0.3 is 0 Å². The van der Waals surface area contributed by atoms with Crippen LogP contribution in [0, 0.1) is 23.7 Å². The summed E-state index contributed by atoms with van der Waals surface area (Å²) in [6.07, 6.45) is 0. The molecule has 0 aliphatic rings. The molecule has 0 bridgehead atoms. The molecule has 0 spiro atoms. The standard InChI is InChI=1S/C28H19P/c1-4-14-24(15-5-1)16-10-11-17-25-18-12-13-23-28(25)29(26-19-6-2-7-20-26)27-21-8-3-9-22-27/h1-9,12-15,18-23H. The second-order valence-corrected chi connectivity index (χ2v) is 8.58. The van der Waals surface area contributed by atoms with E-state index < -0.39 is 7.92 Å². The molecule has 0 amide bonds. The van der Waals surface area contributed by atoms with E-state index in [-0.39, 0.29) is 0 Å². The highest BCUT2D eigenvalue weighted by atomic mass is 31.1. The van der Waals surface area contributed by atoms with Crippen molar-refractivity contribution >= 4 is 23.8 Å². The van der Waals surface area contributed by atoms with E-state index in [1.54, 1.807) is 0 Å². The summed E-state index contributed by atoms with van der Waals surface area (Å²) >= 11 is 0. The summed E-state index contributed by atoms with van der Waals surface area (Å²) < 4.78 is 0. The zero-order chi connectivity index (χ0) is 19.7. The van der Waals surface area contributed by atoms with E-state index in [2.05, 4.69) is 103 Å². The fourth-order valence-corrected chi connectivity index (χ4v) is 5.48. The fourth-order valence-electron chi connectivity index (χ4n) is 3.08. The molecule has 0 saturated heterocycles. The van der Waals surface area contributed by atoms with Crippen molar-refractivity contribution in [2.24, 2.45) is 0 Å². The Kier molecular flexibility index (Phi) is 6.20. The molecule has 4 aromatic carbocycles. The highest BCUT2D eigenvalue weighted by Gasteiger charge is 2.18. The third kappa shape index (κ3) is 4.83. The number of rotatable bonds is 3. The summed E-state index contributed by atoms with van der Waals surface area (Å²) in [4.78, 5) is 0. The third-order valence-electron chi connectivity index (χ3n) is 4.41. The molecule has 0 nitrogen and oxygen atoms in total. The third-order valence-corrected chi connectivity index (χ3v) is 6.91. The smallest absolute Gasteiger partial charge is 0.0339 e. The van der Waals surface area contributed by atoms with Crippen LogP contribution in [0.25, 0.3) is 0 Å². The Morgan fingerprint density at radius 3 is 1.55 bits per heavy atom. The Labute approximate surface area is 174 Å². The van der Waals surface area contributed by atoms with Crippen LogP contribution in [0.5, 0.6) is 0 Å². The molecule has 29 heavy (non-hydrogen) atoms. The van der Waals surface area contributed by atoms with Crippen molar-refractivity contribution < 1.29 is 0 Å². The van der Waals surface area contributed by atoms with Crippen molar-refractivity contribution in [2.45, 2.75) is 0 Å². The molecule has 136 valence electrons. The minimum Gasteiger partial charge on any atom is -0.0622 e. The predicted molar refractivity (Wildman–Crippen MR) is 125 cm³/mol. The molecule has 4 aromatic rings. The van der Waals surface area contributed by atoms with Crippen molar-refractivity contribution in [1.82, 2.24) is 0 Å². The highest BCUT2D eigenvalue weighted by Crippen LogP contribution is 2.33. The first-order valence-corrected chi connectivity index (χ1v) is 10.8. The van der Waals surface area contributed by atoms with Gasteiger partial charge in [-0.3, -0.25) is 0 Å². The molecule has 0 radical (unpaired) electrons.